The Morgan fingerprint density at radius 3 is 2.92 bits per heavy atom. The summed E-state index contributed by atoms with van der Waals surface area (Å²) in [6, 6.07) is 0.438. The predicted octanol–water partition coefficient (Wildman–Crippen LogP) is 2.37. The molecule has 0 aliphatic rings. The summed E-state index contributed by atoms with van der Waals surface area (Å²) >= 11 is 0. The molecule has 1 aromatic heterocycles. The molecule has 0 atom stereocenters. The number of imidazole rings is 1. The van der Waals surface area contributed by atoms with Gasteiger partial charge in [-0.3, -0.25) is 0 Å². The zero-order valence-corrected chi connectivity index (χ0v) is 8.54. The second-order valence-corrected chi connectivity index (χ2v) is 3.38. The van der Waals surface area contributed by atoms with E-state index in [2.05, 4.69) is 41.5 Å². The lowest BCUT2D eigenvalue weighted by atomic mass is 10.4. The van der Waals surface area contributed by atoms with Crippen LogP contribution in [-0.2, 0) is 0 Å². The van der Waals surface area contributed by atoms with Gasteiger partial charge >= 0.3 is 0 Å². The van der Waals surface area contributed by atoms with Gasteiger partial charge < -0.3 is 9.88 Å². The Labute approximate surface area is 79.5 Å². The SMILES string of the molecule is C=CCNc1nc(C)cn1C(C)C. The van der Waals surface area contributed by atoms with Gasteiger partial charge in [0.05, 0.1) is 5.69 Å². The number of hydrogen-bond donors (Lipinski definition) is 1. The fraction of sp³-hybridized carbons (Fsp3) is 0.500. The van der Waals surface area contributed by atoms with Crippen molar-refractivity contribution in [3.63, 3.8) is 0 Å². The smallest absolute Gasteiger partial charge is 0.203 e. The van der Waals surface area contributed by atoms with Crippen LogP contribution < -0.4 is 5.32 Å². The first kappa shape index (κ1) is 9.84. The van der Waals surface area contributed by atoms with Crippen LogP contribution in [0.15, 0.2) is 18.9 Å². The summed E-state index contributed by atoms with van der Waals surface area (Å²) in [5.74, 6) is 0.924. The standard InChI is InChI=1S/C10H17N3/c1-5-6-11-10-12-9(4)7-13(10)8(2)3/h5,7-8H,1,6H2,2-4H3,(H,11,12). The lowest BCUT2D eigenvalue weighted by Gasteiger charge is -2.11. The van der Waals surface area contributed by atoms with E-state index in [1.807, 2.05) is 13.0 Å². The molecular formula is C10H17N3. The van der Waals surface area contributed by atoms with Gasteiger partial charge in [0.1, 0.15) is 0 Å². The van der Waals surface area contributed by atoms with Gasteiger partial charge in [-0.1, -0.05) is 6.08 Å². The van der Waals surface area contributed by atoms with E-state index in [1.54, 1.807) is 0 Å². The minimum atomic E-state index is 0.438. The van der Waals surface area contributed by atoms with Crippen LogP contribution in [0.3, 0.4) is 0 Å². The first-order valence-corrected chi connectivity index (χ1v) is 4.55. The summed E-state index contributed by atoms with van der Waals surface area (Å²) in [6.45, 7) is 10.7. The van der Waals surface area contributed by atoms with Crippen LogP contribution in [0, 0.1) is 6.92 Å². The van der Waals surface area contributed by atoms with Crippen molar-refractivity contribution in [2.75, 3.05) is 11.9 Å². The molecule has 0 spiro atoms. The van der Waals surface area contributed by atoms with Gasteiger partial charge in [0.25, 0.3) is 0 Å². The molecule has 1 heterocycles. The van der Waals surface area contributed by atoms with E-state index in [0.717, 1.165) is 18.2 Å². The zero-order chi connectivity index (χ0) is 9.84. The average molecular weight is 179 g/mol. The van der Waals surface area contributed by atoms with E-state index < -0.39 is 0 Å². The molecule has 0 radical (unpaired) electrons. The summed E-state index contributed by atoms with van der Waals surface area (Å²) in [7, 11) is 0. The van der Waals surface area contributed by atoms with Crippen molar-refractivity contribution in [2.45, 2.75) is 26.8 Å². The Balaban J connectivity index is 2.84. The Hall–Kier alpha value is -1.25. The third-order valence-corrected chi connectivity index (χ3v) is 1.81. The van der Waals surface area contributed by atoms with E-state index in [4.69, 9.17) is 0 Å². The average Bonchev–Trinajstić information content (AvgIpc) is 2.43. The molecule has 13 heavy (non-hydrogen) atoms. The van der Waals surface area contributed by atoms with E-state index >= 15 is 0 Å². The molecule has 1 aromatic rings. The fourth-order valence-corrected chi connectivity index (χ4v) is 1.20. The van der Waals surface area contributed by atoms with Crippen LogP contribution in [0.2, 0.25) is 0 Å². The number of rotatable bonds is 4. The third kappa shape index (κ3) is 2.34. The van der Waals surface area contributed by atoms with Crippen LogP contribution in [-0.4, -0.2) is 16.1 Å². The molecular weight excluding hydrogens is 162 g/mol. The molecule has 0 aliphatic heterocycles. The minimum absolute atomic E-state index is 0.438. The second-order valence-electron chi connectivity index (χ2n) is 3.38. The number of nitrogens with zero attached hydrogens (tertiary/aromatic N) is 2. The number of aryl methyl sites for hydroxylation is 1. The number of hydrogen-bond acceptors (Lipinski definition) is 2. The molecule has 0 amide bonds. The molecule has 0 fully saturated rings. The van der Waals surface area contributed by atoms with E-state index in [-0.39, 0.29) is 0 Å². The molecule has 3 heteroatoms. The van der Waals surface area contributed by atoms with Gasteiger partial charge in [-0.25, -0.2) is 4.98 Å². The van der Waals surface area contributed by atoms with Gasteiger partial charge in [-0.15, -0.1) is 6.58 Å². The number of nitrogens with one attached hydrogen (secondary N) is 1. The van der Waals surface area contributed by atoms with Crippen molar-refractivity contribution in [1.29, 1.82) is 0 Å². The highest BCUT2D eigenvalue weighted by molar-refractivity contribution is 5.30. The minimum Gasteiger partial charge on any atom is -0.352 e. The maximum atomic E-state index is 4.37. The Morgan fingerprint density at radius 1 is 1.69 bits per heavy atom. The van der Waals surface area contributed by atoms with Crippen molar-refractivity contribution < 1.29 is 0 Å². The van der Waals surface area contributed by atoms with E-state index in [9.17, 15) is 0 Å². The quantitative estimate of drug-likeness (QED) is 0.719. The normalized spacial score (nSPS) is 10.5. The molecule has 72 valence electrons. The van der Waals surface area contributed by atoms with Crippen LogP contribution in [0.5, 0.6) is 0 Å². The molecule has 0 bridgehead atoms. The molecule has 1 N–H and O–H groups in total. The highest BCUT2D eigenvalue weighted by atomic mass is 15.2. The van der Waals surface area contributed by atoms with Gasteiger partial charge in [-0.05, 0) is 20.8 Å². The monoisotopic (exact) mass is 179 g/mol. The number of aromatic nitrogens is 2. The van der Waals surface area contributed by atoms with Gasteiger partial charge in [-0.2, -0.15) is 0 Å². The van der Waals surface area contributed by atoms with Crippen molar-refractivity contribution >= 4 is 5.95 Å². The predicted molar refractivity (Wildman–Crippen MR) is 56.0 cm³/mol. The highest BCUT2D eigenvalue weighted by Crippen LogP contribution is 2.14. The van der Waals surface area contributed by atoms with Crippen LogP contribution >= 0.6 is 0 Å². The van der Waals surface area contributed by atoms with Gasteiger partial charge in [0, 0.05) is 18.8 Å². The highest BCUT2D eigenvalue weighted by Gasteiger charge is 2.06. The summed E-state index contributed by atoms with van der Waals surface area (Å²) < 4.78 is 2.12. The van der Waals surface area contributed by atoms with Crippen molar-refractivity contribution in [3.8, 4) is 0 Å². The lowest BCUT2D eigenvalue weighted by Crippen LogP contribution is -2.08. The third-order valence-electron chi connectivity index (χ3n) is 1.81. The maximum absolute atomic E-state index is 4.37. The second kappa shape index (κ2) is 4.12. The van der Waals surface area contributed by atoms with Crippen molar-refractivity contribution in [3.05, 3.63) is 24.5 Å². The molecule has 0 aromatic carbocycles. The summed E-state index contributed by atoms with van der Waals surface area (Å²) in [5.41, 5.74) is 1.04. The molecule has 1 rings (SSSR count). The number of anilines is 1. The van der Waals surface area contributed by atoms with Crippen LogP contribution in [0.4, 0.5) is 5.95 Å². The molecule has 0 aliphatic carbocycles. The maximum Gasteiger partial charge on any atom is 0.203 e. The largest absolute Gasteiger partial charge is 0.352 e. The van der Waals surface area contributed by atoms with Crippen LogP contribution in [0.1, 0.15) is 25.6 Å². The Bertz CT molecular complexity index is 286. The first-order chi connectivity index (χ1) is 6.15. The summed E-state index contributed by atoms with van der Waals surface area (Å²) in [4.78, 5) is 4.37. The molecule has 3 nitrogen and oxygen atoms in total. The fourth-order valence-electron chi connectivity index (χ4n) is 1.20. The van der Waals surface area contributed by atoms with Gasteiger partial charge in [0.15, 0.2) is 0 Å². The molecule has 0 saturated carbocycles. The summed E-state index contributed by atoms with van der Waals surface area (Å²) in [5, 5.41) is 3.20. The lowest BCUT2D eigenvalue weighted by molar-refractivity contribution is 0.605. The van der Waals surface area contributed by atoms with Crippen LogP contribution in [0.25, 0.3) is 0 Å². The molecule has 0 unspecified atom stereocenters. The first-order valence-electron chi connectivity index (χ1n) is 4.55. The summed E-state index contributed by atoms with van der Waals surface area (Å²) in [6.07, 6.45) is 3.88. The zero-order valence-electron chi connectivity index (χ0n) is 8.54. The Kier molecular flexibility index (Phi) is 3.12. The Morgan fingerprint density at radius 2 is 2.38 bits per heavy atom. The van der Waals surface area contributed by atoms with E-state index in [1.165, 1.54) is 0 Å². The topological polar surface area (TPSA) is 29.9 Å². The van der Waals surface area contributed by atoms with Crippen molar-refractivity contribution in [1.82, 2.24) is 9.55 Å². The van der Waals surface area contributed by atoms with Gasteiger partial charge in [0.2, 0.25) is 5.95 Å². The molecule has 0 saturated heterocycles. The van der Waals surface area contributed by atoms with Crippen molar-refractivity contribution in [2.24, 2.45) is 0 Å². The van der Waals surface area contributed by atoms with E-state index in [0.29, 0.717) is 6.04 Å².